The minimum absolute atomic E-state index is 0.0893. The van der Waals surface area contributed by atoms with Crippen molar-refractivity contribution in [2.24, 2.45) is 5.92 Å². The highest BCUT2D eigenvalue weighted by Gasteiger charge is 2.38. The van der Waals surface area contributed by atoms with Crippen molar-refractivity contribution in [2.75, 3.05) is 33.8 Å². The van der Waals surface area contributed by atoms with Crippen LogP contribution in [0, 0.1) is 11.7 Å². The smallest absolute Gasteiger partial charge is 0.123 e. The number of rotatable bonds is 4. The largest absolute Gasteiger partial charge is 0.395 e. The lowest BCUT2D eigenvalue weighted by molar-refractivity contribution is 0.194. The van der Waals surface area contributed by atoms with Gasteiger partial charge in [0.25, 0.3) is 0 Å². The first-order valence-electron chi connectivity index (χ1n) is 9.20. The topological polar surface area (TPSA) is 26.7 Å². The normalized spacial score (nSPS) is 23.7. The van der Waals surface area contributed by atoms with E-state index in [4.69, 9.17) is 0 Å². The fourth-order valence-corrected chi connectivity index (χ4v) is 4.47. The summed E-state index contributed by atoms with van der Waals surface area (Å²) in [6, 6.07) is 5.33. The van der Waals surface area contributed by atoms with Gasteiger partial charge in [-0.05, 0) is 49.4 Å². The molecule has 0 amide bonds. The Morgan fingerprint density at radius 1 is 1.27 bits per heavy atom. The van der Waals surface area contributed by atoms with Crippen molar-refractivity contribution in [3.8, 4) is 0 Å². The van der Waals surface area contributed by atoms with Gasteiger partial charge in [0.1, 0.15) is 5.82 Å². The van der Waals surface area contributed by atoms with Crippen LogP contribution < -0.4 is 0 Å². The van der Waals surface area contributed by atoms with Crippen LogP contribution >= 0.6 is 0 Å². The molecule has 0 saturated heterocycles. The Balaban J connectivity index is 1.89. The summed E-state index contributed by atoms with van der Waals surface area (Å²) in [5.74, 6) is 0.00350. The molecule has 0 spiro atoms. The first-order valence-corrected chi connectivity index (χ1v) is 9.20. The van der Waals surface area contributed by atoms with Crippen molar-refractivity contribution >= 4 is 11.8 Å². The monoisotopic (exact) mass is 352 g/mol. The van der Waals surface area contributed by atoms with Gasteiger partial charge in [0.05, 0.1) is 6.61 Å². The molecule has 1 unspecified atom stereocenters. The highest BCUT2D eigenvalue weighted by Crippen LogP contribution is 2.46. The molecule has 3 aliphatic rings. The Labute approximate surface area is 154 Å². The molecule has 1 aromatic rings. The van der Waals surface area contributed by atoms with Gasteiger partial charge in [-0.15, -0.1) is 0 Å². The predicted octanol–water partition coefficient (Wildman–Crippen LogP) is 3.30. The SMILES string of the molecule is CN(C)C[C@H]1CC2=C(c3cc(F)ccc3C=C3C=CC=CC32)N1CCO. The summed E-state index contributed by atoms with van der Waals surface area (Å²) in [5, 5.41) is 9.68. The Bertz CT molecular complexity index is 835. The highest BCUT2D eigenvalue weighted by atomic mass is 19.1. The first kappa shape index (κ1) is 17.3. The molecule has 1 heterocycles. The van der Waals surface area contributed by atoms with Gasteiger partial charge in [-0.1, -0.05) is 36.4 Å². The average molecular weight is 352 g/mol. The van der Waals surface area contributed by atoms with Crippen molar-refractivity contribution in [1.29, 1.82) is 0 Å². The van der Waals surface area contributed by atoms with Gasteiger partial charge in [-0.2, -0.15) is 0 Å². The Morgan fingerprint density at radius 2 is 2.12 bits per heavy atom. The number of aliphatic hydroxyl groups excluding tert-OH is 1. The van der Waals surface area contributed by atoms with Gasteiger partial charge in [0, 0.05) is 36.3 Å². The predicted molar refractivity (Wildman–Crippen MR) is 104 cm³/mol. The third-order valence-corrected chi connectivity index (χ3v) is 5.43. The van der Waals surface area contributed by atoms with Gasteiger partial charge >= 0.3 is 0 Å². The van der Waals surface area contributed by atoms with Crippen LogP contribution in [0.5, 0.6) is 0 Å². The molecule has 136 valence electrons. The second kappa shape index (κ2) is 6.86. The van der Waals surface area contributed by atoms with E-state index in [2.05, 4.69) is 54.3 Å². The number of fused-ring (bicyclic) bond motifs is 4. The fraction of sp³-hybridized carbons (Fsp3) is 0.364. The molecular weight excluding hydrogens is 327 g/mol. The van der Waals surface area contributed by atoms with Crippen molar-refractivity contribution in [3.05, 3.63) is 70.6 Å². The van der Waals surface area contributed by atoms with Gasteiger partial charge in [-0.25, -0.2) is 4.39 Å². The summed E-state index contributed by atoms with van der Waals surface area (Å²) < 4.78 is 14.1. The highest BCUT2D eigenvalue weighted by molar-refractivity contribution is 5.82. The zero-order valence-corrected chi connectivity index (χ0v) is 15.3. The molecule has 0 radical (unpaired) electrons. The zero-order valence-electron chi connectivity index (χ0n) is 15.3. The van der Waals surface area contributed by atoms with Crippen LogP contribution in [0.1, 0.15) is 17.5 Å². The lowest BCUT2D eigenvalue weighted by Gasteiger charge is -2.31. The van der Waals surface area contributed by atoms with Crippen molar-refractivity contribution < 1.29 is 9.50 Å². The number of aliphatic hydroxyl groups is 1. The van der Waals surface area contributed by atoms with Crippen molar-refractivity contribution in [1.82, 2.24) is 9.80 Å². The maximum Gasteiger partial charge on any atom is 0.123 e. The van der Waals surface area contributed by atoms with Crippen LogP contribution in [0.4, 0.5) is 4.39 Å². The zero-order chi connectivity index (χ0) is 18.3. The molecular formula is C22H25FN2O. The summed E-state index contributed by atoms with van der Waals surface area (Å²) in [6.07, 6.45) is 11.7. The fourth-order valence-electron chi connectivity index (χ4n) is 4.47. The summed E-state index contributed by atoms with van der Waals surface area (Å²) in [5.41, 5.74) is 5.68. The molecule has 1 aromatic carbocycles. The quantitative estimate of drug-likeness (QED) is 0.901. The number of allylic oxidation sites excluding steroid dienone is 5. The number of hydrogen-bond acceptors (Lipinski definition) is 3. The summed E-state index contributed by atoms with van der Waals surface area (Å²) in [6.45, 7) is 1.56. The number of nitrogens with zero attached hydrogens (tertiary/aromatic N) is 2. The third kappa shape index (κ3) is 2.93. The third-order valence-electron chi connectivity index (χ3n) is 5.43. The van der Waals surface area contributed by atoms with Crippen LogP contribution in [-0.4, -0.2) is 54.7 Å². The lowest BCUT2D eigenvalue weighted by Crippen LogP contribution is -2.39. The van der Waals surface area contributed by atoms with Gasteiger partial charge < -0.3 is 14.9 Å². The second-order valence-electron chi connectivity index (χ2n) is 7.51. The molecule has 2 aliphatic carbocycles. The van der Waals surface area contributed by atoms with Crippen molar-refractivity contribution in [2.45, 2.75) is 12.5 Å². The molecule has 1 N–H and O–H groups in total. The molecule has 3 nitrogen and oxygen atoms in total. The van der Waals surface area contributed by atoms with Gasteiger partial charge in [-0.3, -0.25) is 0 Å². The second-order valence-corrected chi connectivity index (χ2v) is 7.51. The van der Waals surface area contributed by atoms with E-state index >= 15 is 0 Å². The summed E-state index contributed by atoms with van der Waals surface area (Å²) in [4.78, 5) is 4.47. The lowest BCUT2D eigenvalue weighted by atomic mass is 9.85. The molecule has 26 heavy (non-hydrogen) atoms. The molecule has 1 aliphatic heterocycles. The first-order chi connectivity index (χ1) is 12.6. The van der Waals surface area contributed by atoms with E-state index in [1.165, 1.54) is 17.2 Å². The maximum atomic E-state index is 14.1. The number of β-amino-alcohol motifs (C(OH)–C–C–N with tert-alkyl or cyclic N) is 1. The van der Waals surface area contributed by atoms with Gasteiger partial charge in [0.2, 0.25) is 0 Å². The van der Waals surface area contributed by atoms with Gasteiger partial charge in [0.15, 0.2) is 0 Å². The van der Waals surface area contributed by atoms with E-state index in [-0.39, 0.29) is 24.4 Å². The van der Waals surface area contributed by atoms with Crippen LogP contribution in [0.25, 0.3) is 11.8 Å². The minimum atomic E-state index is -0.218. The molecule has 2 atom stereocenters. The summed E-state index contributed by atoms with van der Waals surface area (Å²) >= 11 is 0. The number of likely N-dealkylation sites (N-methyl/N-ethyl adjacent to an activating group) is 1. The van der Waals surface area contributed by atoms with Crippen LogP contribution in [0.3, 0.4) is 0 Å². The van der Waals surface area contributed by atoms with E-state index < -0.39 is 0 Å². The number of halogens is 1. The Morgan fingerprint density at radius 3 is 2.88 bits per heavy atom. The molecule has 0 aromatic heterocycles. The van der Waals surface area contributed by atoms with E-state index in [9.17, 15) is 9.50 Å². The van der Waals surface area contributed by atoms with E-state index in [1.807, 2.05) is 6.07 Å². The number of benzene rings is 1. The molecule has 4 heteroatoms. The van der Waals surface area contributed by atoms with E-state index in [1.54, 1.807) is 6.07 Å². The molecule has 0 bridgehead atoms. The van der Waals surface area contributed by atoms with E-state index in [0.29, 0.717) is 6.54 Å². The minimum Gasteiger partial charge on any atom is -0.395 e. The van der Waals surface area contributed by atoms with E-state index in [0.717, 1.165) is 29.8 Å². The summed E-state index contributed by atoms with van der Waals surface area (Å²) in [7, 11) is 4.14. The van der Waals surface area contributed by atoms with Crippen LogP contribution in [0.15, 0.2) is 53.6 Å². The maximum absolute atomic E-state index is 14.1. The standard InChI is InChI=1S/C22H25FN2O/c1-24(2)14-18-13-21-19-6-4-3-5-15(19)11-16-7-8-17(23)12-20(16)22(21)25(18)9-10-26/h3-8,11-12,18-19,26H,9-10,13-14H2,1-2H3/t18-,19?/m1/s1. The molecule has 4 rings (SSSR count). The molecule has 0 fully saturated rings. The average Bonchev–Trinajstić information content (AvgIpc) is 2.88. The van der Waals surface area contributed by atoms with Crippen molar-refractivity contribution in [3.63, 3.8) is 0 Å². The van der Waals surface area contributed by atoms with Crippen LogP contribution in [-0.2, 0) is 0 Å². The number of hydrogen-bond donors (Lipinski definition) is 1. The van der Waals surface area contributed by atoms with Crippen LogP contribution in [0.2, 0.25) is 0 Å². The Hall–Kier alpha value is -2.17. The molecule has 0 saturated carbocycles. The Kier molecular flexibility index (Phi) is 4.55.